The molecule has 0 radical (unpaired) electrons. The van der Waals surface area contributed by atoms with E-state index >= 15 is 0 Å². The largest absolute Gasteiger partial charge is 0.469 e. The maximum atomic E-state index is 13.4. The Bertz CT molecular complexity index is 1150. The zero-order valence-electron chi connectivity index (χ0n) is 19.8. The lowest BCUT2D eigenvalue weighted by Gasteiger charge is -2.35. The summed E-state index contributed by atoms with van der Waals surface area (Å²) in [7, 11) is 2.38. The van der Waals surface area contributed by atoms with Crippen molar-refractivity contribution < 1.29 is 40.7 Å². The minimum Gasteiger partial charge on any atom is -0.469 e. The number of likely N-dealkylation sites (N-methyl/N-ethyl adjacent to an activating group) is 1. The second-order valence-corrected chi connectivity index (χ2v) is 8.36. The molecule has 0 N–H and O–H groups in total. The molecule has 3 aromatic rings. The van der Waals surface area contributed by atoms with Gasteiger partial charge in [0.15, 0.2) is 0 Å². The predicted octanol–water partition coefficient (Wildman–Crippen LogP) is 6.56. The number of amides is 1. The van der Waals surface area contributed by atoms with E-state index in [1.54, 1.807) is 60.7 Å². The number of esters is 1. The maximum Gasteiger partial charge on any atom is 0.416 e. The van der Waals surface area contributed by atoms with Crippen LogP contribution in [0.3, 0.4) is 0 Å². The minimum atomic E-state index is -5.11. The molecule has 0 aromatic heterocycles. The number of hydrogen-bond acceptors (Lipinski definition) is 3. The predicted molar refractivity (Wildman–Crippen MR) is 124 cm³/mol. The fourth-order valence-electron chi connectivity index (χ4n) is 4.12. The van der Waals surface area contributed by atoms with Crippen LogP contribution >= 0.6 is 0 Å². The van der Waals surface area contributed by atoms with Crippen molar-refractivity contribution in [3.05, 3.63) is 107 Å². The monoisotopic (exact) mass is 523 g/mol. The Morgan fingerprint density at radius 1 is 0.784 bits per heavy atom. The summed E-state index contributed by atoms with van der Waals surface area (Å²) in [5, 5.41) is 0. The number of benzene rings is 3. The first-order chi connectivity index (χ1) is 17.3. The van der Waals surface area contributed by atoms with Gasteiger partial charge in [-0.05, 0) is 29.3 Å². The summed E-state index contributed by atoms with van der Waals surface area (Å²) < 4.78 is 85.2. The molecule has 0 spiro atoms. The van der Waals surface area contributed by atoms with E-state index in [1.807, 2.05) is 0 Å². The number of carbonyl (C=O) groups is 2. The van der Waals surface area contributed by atoms with Crippen LogP contribution in [0, 0.1) is 0 Å². The van der Waals surface area contributed by atoms with Gasteiger partial charge < -0.3 is 9.64 Å². The maximum absolute atomic E-state index is 13.4. The normalized spacial score (nSPS) is 12.8. The van der Waals surface area contributed by atoms with Crippen LogP contribution in [0.5, 0.6) is 0 Å². The zero-order valence-corrected chi connectivity index (χ0v) is 19.8. The molecule has 1 atom stereocenters. The number of ether oxygens (including phenoxy) is 1. The van der Waals surface area contributed by atoms with E-state index in [0.29, 0.717) is 23.3 Å². The molecule has 0 aliphatic rings. The fraction of sp³-hybridized carbons (Fsp3) is 0.259. The highest BCUT2D eigenvalue weighted by Gasteiger charge is 2.39. The van der Waals surface area contributed by atoms with Gasteiger partial charge in [-0.2, -0.15) is 26.3 Å². The molecule has 4 nitrogen and oxygen atoms in total. The summed E-state index contributed by atoms with van der Waals surface area (Å²) in [5.41, 5.74) is -2.65. The molecular formula is C27H23F6NO3. The van der Waals surface area contributed by atoms with Crippen molar-refractivity contribution in [3.63, 3.8) is 0 Å². The third kappa shape index (κ3) is 6.69. The highest BCUT2D eigenvalue weighted by molar-refractivity contribution is 5.95. The second-order valence-electron chi connectivity index (χ2n) is 8.36. The molecule has 3 aromatic carbocycles. The van der Waals surface area contributed by atoms with Crippen LogP contribution in [0.15, 0.2) is 78.9 Å². The standard InChI is InChI=1S/C27H23F6NO3/c1-34(25(36)19-13-20(26(28,29)30)15-21(14-19)27(31,32)33)22(16-23(35)37-2)24(17-9-5-3-6-10-17)18-11-7-4-8-12-18/h3-15,22,24H,16H2,1-2H3. The van der Waals surface area contributed by atoms with Gasteiger partial charge in [0.05, 0.1) is 30.7 Å². The number of nitrogens with zero attached hydrogens (tertiary/aromatic N) is 1. The van der Waals surface area contributed by atoms with Crippen molar-refractivity contribution in [1.29, 1.82) is 0 Å². The van der Waals surface area contributed by atoms with E-state index in [4.69, 9.17) is 4.74 Å². The van der Waals surface area contributed by atoms with E-state index in [1.165, 1.54) is 7.05 Å². The topological polar surface area (TPSA) is 46.6 Å². The third-order valence-corrected chi connectivity index (χ3v) is 5.96. The van der Waals surface area contributed by atoms with Gasteiger partial charge in [-0.3, -0.25) is 9.59 Å². The first kappa shape index (κ1) is 27.8. The van der Waals surface area contributed by atoms with Gasteiger partial charge in [0, 0.05) is 18.5 Å². The van der Waals surface area contributed by atoms with Gasteiger partial charge in [0.25, 0.3) is 5.91 Å². The van der Waals surface area contributed by atoms with Crippen LogP contribution in [0.4, 0.5) is 26.3 Å². The van der Waals surface area contributed by atoms with Crippen molar-refractivity contribution in [2.24, 2.45) is 0 Å². The SMILES string of the molecule is COC(=O)CC(C(c1ccccc1)c1ccccc1)N(C)C(=O)c1cc(C(F)(F)F)cc(C(F)(F)F)c1. The summed E-state index contributed by atoms with van der Waals surface area (Å²) in [5.74, 6) is -2.47. The van der Waals surface area contributed by atoms with E-state index in [-0.39, 0.29) is 12.5 Å². The van der Waals surface area contributed by atoms with E-state index in [9.17, 15) is 35.9 Å². The molecule has 196 valence electrons. The summed E-state index contributed by atoms with van der Waals surface area (Å²) in [4.78, 5) is 26.8. The van der Waals surface area contributed by atoms with Crippen LogP contribution < -0.4 is 0 Å². The van der Waals surface area contributed by atoms with Crippen LogP contribution in [0.1, 0.15) is 45.0 Å². The highest BCUT2D eigenvalue weighted by atomic mass is 19.4. The van der Waals surface area contributed by atoms with E-state index in [0.717, 1.165) is 12.0 Å². The van der Waals surface area contributed by atoms with E-state index < -0.39 is 52.9 Å². The van der Waals surface area contributed by atoms with Crippen molar-refractivity contribution in [1.82, 2.24) is 4.90 Å². The molecular weight excluding hydrogens is 500 g/mol. The first-order valence-electron chi connectivity index (χ1n) is 11.1. The molecule has 37 heavy (non-hydrogen) atoms. The van der Waals surface area contributed by atoms with Crippen molar-refractivity contribution in [2.45, 2.75) is 30.7 Å². The number of halogens is 6. The van der Waals surface area contributed by atoms with Gasteiger partial charge in [-0.1, -0.05) is 60.7 Å². The molecule has 3 rings (SSSR count). The Balaban J connectivity index is 2.15. The van der Waals surface area contributed by atoms with Gasteiger partial charge in [0.1, 0.15) is 0 Å². The zero-order chi connectivity index (χ0) is 27.4. The van der Waals surface area contributed by atoms with Crippen molar-refractivity contribution in [2.75, 3.05) is 14.2 Å². The molecule has 0 bridgehead atoms. The minimum absolute atomic E-state index is 0.0422. The van der Waals surface area contributed by atoms with Crippen LogP contribution in [-0.4, -0.2) is 37.0 Å². The van der Waals surface area contributed by atoms with Crippen LogP contribution in [-0.2, 0) is 21.9 Å². The molecule has 0 fully saturated rings. The lowest BCUT2D eigenvalue weighted by Crippen LogP contribution is -2.43. The quantitative estimate of drug-likeness (QED) is 0.260. The number of methoxy groups -OCH3 is 1. The third-order valence-electron chi connectivity index (χ3n) is 5.96. The molecule has 1 amide bonds. The van der Waals surface area contributed by atoms with Crippen LogP contribution in [0.2, 0.25) is 0 Å². The lowest BCUT2D eigenvalue weighted by molar-refractivity contribution is -0.143. The summed E-state index contributed by atoms with van der Waals surface area (Å²) in [6, 6.07) is 17.2. The average molecular weight is 523 g/mol. The average Bonchev–Trinajstić information content (AvgIpc) is 2.87. The fourth-order valence-corrected chi connectivity index (χ4v) is 4.12. The Kier molecular flexibility index (Phi) is 8.30. The molecule has 0 saturated carbocycles. The second kappa shape index (κ2) is 11.1. The van der Waals surface area contributed by atoms with Gasteiger partial charge in [0.2, 0.25) is 0 Å². The summed E-state index contributed by atoms with van der Waals surface area (Å²) >= 11 is 0. The number of carbonyl (C=O) groups excluding carboxylic acids is 2. The van der Waals surface area contributed by atoms with Gasteiger partial charge >= 0.3 is 18.3 Å². The van der Waals surface area contributed by atoms with Crippen molar-refractivity contribution in [3.8, 4) is 0 Å². The number of alkyl halides is 6. The Morgan fingerprint density at radius 2 is 1.22 bits per heavy atom. The smallest absolute Gasteiger partial charge is 0.416 e. The lowest BCUT2D eigenvalue weighted by atomic mass is 9.82. The Morgan fingerprint density at radius 3 is 1.59 bits per heavy atom. The molecule has 0 heterocycles. The Labute approximate surface area is 209 Å². The summed E-state index contributed by atoms with van der Waals surface area (Å²) in [6.45, 7) is 0. The summed E-state index contributed by atoms with van der Waals surface area (Å²) in [6.07, 6.45) is -10.6. The molecule has 0 aliphatic carbocycles. The Hall–Kier alpha value is -3.82. The first-order valence-corrected chi connectivity index (χ1v) is 11.1. The molecule has 0 saturated heterocycles. The van der Waals surface area contributed by atoms with E-state index in [2.05, 4.69) is 0 Å². The van der Waals surface area contributed by atoms with Crippen molar-refractivity contribution >= 4 is 11.9 Å². The molecule has 1 unspecified atom stereocenters. The molecule has 0 aliphatic heterocycles. The highest BCUT2D eigenvalue weighted by Crippen LogP contribution is 2.38. The van der Waals surface area contributed by atoms with Crippen LogP contribution in [0.25, 0.3) is 0 Å². The van der Waals surface area contributed by atoms with Gasteiger partial charge in [-0.25, -0.2) is 0 Å². The number of hydrogen-bond donors (Lipinski definition) is 0. The van der Waals surface area contributed by atoms with Gasteiger partial charge in [-0.15, -0.1) is 0 Å². The molecule has 10 heteroatoms. The number of rotatable bonds is 7.